The molecule has 0 aliphatic heterocycles. The summed E-state index contributed by atoms with van der Waals surface area (Å²) in [6, 6.07) is 22.1. The molecule has 2 heteroatoms. The van der Waals surface area contributed by atoms with Gasteiger partial charge in [-0.2, -0.15) is 0 Å². The molecule has 0 radical (unpaired) electrons. The van der Waals surface area contributed by atoms with Crippen LogP contribution in [0.4, 0.5) is 0 Å². The summed E-state index contributed by atoms with van der Waals surface area (Å²) in [6.45, 7) is 2.69. The number of allylic oxidation sites excluding steroid dienone is 1. The summed E-state index contributed by atoms with van der Waals surface area (Å²) in [7, 11) is 0. The normalized spacial score (nSPS) is 11.1. The minimum absolute atomic E-state index is 0.0444. The van der Waals surface area contributed by atoms with Crippen LogP contribution in [0, 0.1) is 0 Å². The lowest BCUT2D eigenvalue weighted by molar-refractivity contribution is 0.0951. The van der Waals surface area contributed by atoms with Crippen LogP contribution < -0.4 is 5.32 Å². The summed E-state index contributed by atoms with van der Waals surface area (Å²) < 4.78 is 0. The highest BCUT2D eigenvalue weighted by molar-refractivity contribution is 5.94. The van der Waals surface area contributed by atoms with Crippen LogP contribution in [-0.2, 0) is 6.54 Å². The molecule has 0 saturated carbocycles. The van der Waals surface area contributed by atoms with Gasteiger partial charge in [-0.05, 0) is 40.5 Å². The Hall–Kier alpha value is -2.87. The zero-order chi connectivity index (χ0) is 17.5. The van der Waals surface area contributed by atoms with Crippen LogP contribution in [0.2, 0.25) is 0 Å². The molecule has 1 amide bonds. The highest BCUT2D eigenvalue weighted by Gasteiger charge is 2.06. The van der Waals surface area contributed by atoms with Crippen LogP contribution in [0.5, 0.6) is 0 Å². The van der Waals surface area contributed by atoms with E-state index in [-0.39, 0.29) is 5.91 Å². The maximum atomic E-state index is 12.4. The molecular weight excluding hydrogens is 306 g/mol. The number of fused-ring (bicyclic) bond motifs is 1. The fourth-order valence-corrected chi connectivity index (χ4v) is 2.86. The first-order chi connectivity index (χ1) is 12.3. The average Bonchev–Trinajstić information content (AvgIpc) is 2.67. The molecule has 3 rings (SSSR count). The van der Waals surface area contributed by atoms with Gasteiger partial charge < -0.3 is 5.32 Å². The summed E-state index contributed by atoms with van der Waals surface area (Å²) in [5.74, 6) is -0.0444. The molecule has 0 aromatic heterocycles. The van der Waals surface area contributed by atoms with Crippen molar-refractivity contribution in [2.45, 2.75) is 26.3 Å². The summed E-state index contributed by atoms with van der Waals surface area (Å²) in [5.41, 5.74) is 2.94. The molecule has 0 saturated heterocycles. The molecule has 2 nitrogen and oxygen atoms in total. The van der Waals surface area contributed by atoms with E-state index in [0.717, 1.165) is 24.0 Å². The maximum absolute atomic E-state index is 12.4. The van der Waals surface area contributed by atoms with Crippen LogP contribution in [0.25, 0.3) is 16.8 Å². The van der Waals surface area contributed by atoms with Crippen molar-refractivity contribution in [3.63, 3.8) is 0 Å². The van der Waals surface area contributed by atoms with E-state index in [0.29, 0.717) is 12.1 Å². The summed E-state index contributed by atoms with van der Waals surface area (Å²) in [4.78, 5) is 12.4. The molecule has 0 spiro atoms. The van der Waals surface area contributed by atoms with Gasteiger partial charge in [-0.15, -0.1) is 0 Å². The lowest BCUT2D eigenvalue weighted by Crippen LogP contribution is -2.22. The Morgan fingerprint density at radius 3 is 2.52 bits per heavy atom. The quantitative estimate of drug-likeness (QED) is 0.628. The Balaban J connectivity index is 1.66. The highest BCUT2D eigenvalue weighted by Crippen LogP contribution is 2.18. The maximum Gasteiger partial charge on any atom is 0.251 e. The first kappa shape index (κ1) is 17.0. The van der Waals surface area contributed by atoms with Crippen LogP contribution in [0.1, 0.15) is 41.3 Å². The van der Waals surface area contributed by atoms with Gasteiger partial charge in [0.25, 0.3) is 5.91 Å². The van der Waals surface area contributed by atoms with Gasteiger partial charge in [-0.1, -0.05) is 80.1 Å². The second-order valence-electron chi connectivity index (χ2n) is 6.13. The predicted molar refractivity (Wildman–Crippen MR) is 106 cm³/mol. The average molecular weight is 329 g/mol. The van der Waals surface area contributed by atoms with Crippen molar-refractivity contribution < 1.29 is 4.79 Å². The van der Waals surface area contributed by atoms with Crippen molar-refractivity contribution in [1.82, 2.24) is 5.32 Å². The Morgan fingerprint density at radius 1 is 0.960 bits per heavy atom. The lowest BCUT2D eigenvalue weighted by atomic mass is 10.0. The van der Waals surface area contributed by atoms with Crippen LogP contribution >= 0.6 is 0 Å². The van der Waals surface area contributed by atoms with Crippen LogP contribution in [0.3, 0.4) is 0 Å². The first-order valence-electron chi connectivity index (χ1n) is 8.79. The van der Waals surface area contributed by atoms with E-state index in [1.807, 2.05) is 42.5 Å². The van der Waals surface area contributed by atoms with E-state index < -0.39 is 0 Å². The lowest BCUT2D eigenvalue weighted by Gasteiger charge is -2.09. The minimum atomic E-state index is -0.0444. The molecule has 1 N–H and O–H groups in total. The highest BCUT2D eigenvalue weighted by atomic mass is 16.1. The van der Waals surface area contributed by atoms with Crippen LogP contribution in [0.15, 0.2) is 72.8 Å². The summed E-state index contributed by atoms with van der Waals surface area (Å²) in [5, 5.41) is 5.40. The third-order valence-electron chi connectivity index (χ3n) is 4.26. The van der Waals surface area contributed by atoms with E-state index >= 15 is 0 Å². The van der Waals surface area contributed by atoms with Gasteiger partial charge in [0.1, 0.15) is 0 Å². The van der Waals surface area contributed by atoms with Gasteiger partial charge in [-0.25, -0.2) is 0 Å². The Morgan fingerprint density at radius 2 is 1.72 bits per heavy atom. The van der Waals surface area contributed by atoms with E-state index in [9.17, 15) is 4.79 Å². The zero-order valence-corrected chi connectivity index (χ0v) is 14.5. The Kier molecular flexibility index (Phi) is 5.63. The number of nitrogens with one attached hydrogen (secondary N) is 1. The second-order valence-corrected chi connectivity index (χ2v) is 6.13. The van der Waals surface area contributed by atoms with Gasteiger partial charge >= 0.3 is 0 Å². The SMILES string of the molecule is CCC/C=C/c1ccc(C(=O)NCc2cccc3ccccc23)cc1. The van der Waals surface area contributed by atoms with Gasteiger partial charge in [0.05, 0.1) is 0 Å². The molecule has 3 aromatic rings. The third-order valence-corrected chi connectivity index (χ3v) is 4.26. The molecule has 0 fully saturated rings. The number of rotatable bonds is 6. The minimum Gasteiger partial charge on any atom is -0.348 e. The Bertz CT molecular complexity index is 873. The molecule has 126 valence electrons. The van der Waals surface area contributed by atoms with Crippen molar-refractivity contribution in [2.75, 3.05) is 0 Å². The van der Waals surface area contributed by atoms with Crippen molar-refractivity contribution in [3.05, 3.63) is 89.5 Å². The van der Waals surface area contributed by atoms with E-state index in [1.165, 1.54) is 10.8 Å². The largest absolute Gasteiger partial charge is 0.348 e. The number of amides is 1. The van der Waals surface area contributed by atoms with Crippen molar-refractivity contribution in [1.29, 1.82) is 0 Å². The van der Waals surface area contributed by atoms with Crippen molar-refractivity contribution >= 4 is 22.8 Å². The molecule has 25 heavy (non-hydrogen) atoms. The molecule has 0 bridgehead atoms. The summed E-state index contributed by atoms with van der Waals surface area (Å²) in [6.07, 6.45) is 6.48. The van der Waals surface area contributed by atoms with E-state index in [1.54, 1.807) is 0 Å². The first-order valence-corrected chi connectivity index (χ1v) is 8.79. The monoisotopic (exact) mass is 329 g/mol. The number of carbonyl (C=O) groups is 1. The molecule has 0 aliphatic rings. The molecular formula is C23H23NO. The number of unbranched alkanes of at least 4 members (excludes halogenated alkanes) is 1. The van der Waals surface area contributed by atoms with E-state index in [4.69, 9.17) is 0 Å². The number of benzene rings is 3. The fourth-order valence-electron chi connectivity index (χ4n) is 2.86. The molecule has 0 atom stereocenters. The smallest absolute Gasteiger partial charge is 0.251 e. The fraction of sp³-hybridized carbons (Fsp3) is 0.174. The van der Waals surface area contributed by atoms with Gasteiger partial charge in [-0.3, -0.25) is 4.79 Å². The third kappa shape index (κ3) is 4.36. The van der Waals surface area contributed by atoms with Gasteiger partial charge in [0.15, 0.2) is 0 Å². The molecule has 3 aromatic carbocycles. The standard InChI is InChI=1S/C23H23NO/c1-2-3-4-8-18-13-15-20(16-14-18)23(25)24-17-21-11-7-10-19-9-5-6-12-22(19)21/h4-16H,2-3,17H2,1H3,(H,24,25)/b8-4+. The molecule has 0 heterocycles. The zero-order valence-electron chi connectivity index (χ0n) is 14.5. The van der Waals surface area contributed by atoms with Gasteiger partial charge in [0, 0.05) is 12.1 Å². The number of hydrogen-bond donors (Lipinski definition) is 1. The molecule has 0 unspecified atom stereocenters. The van der Waals surface area contributed by atoms with Gasteiger partial charge in [0.2, 0.25) is 0 Å². The summed E-state index contributed by atoms with van der Waals surface area (Å²) >= 11 is 0. The van der Waals surface area contributed by atoms with Crippen molar-refractivity contribution in [2.24, 2.45) is 0 Å². The van der Waals surface area contributed by atoms with Crippen LogP contribution in [-0.4, -0.2) is 5.91 Å². The van der Waals surface area contributed by atoms with Crippen molar-refractivity contribution in [3.8, 4) is 0 Å². The Labute approximate surface area is 149 Å². The van der Waals surface area contributed by atoms with E-state index in [2.05, 4.69) is 48.7 Å². The second kappa shape index (κ2) is 8.29. The predicted octanol–water partition coefficient (Wildman–Crippen LogP) is 5.58. The molecule has 0 aliphatic carbocycles. The number of hydrogen-bond acceptors (Lipinski definition) is 1. The topological polar surface area (TPSA) is 29.1 Å². The number of carbonyl (C=O) groups excluding carboxylic acids is 1.